The van der Waals surface area contributed by atoms with Gasteiger partial charge < -0.3 is 4.98 Å². The lowest BCUT2D eigenvalue weighted by Gasteiger charge is -2.09. The number of aromatic nitrogens is 3. The molecule has 0 aromatic carbocycles. The molecule has 0 aliphatic rings. The van der Waals surface area contributed by atoms with Gasteiger partial charge >= 0.3 is 6.18 Å². The summed E-state index contributed by atoms with van der Waals surface area (Å²) in [6.45, 7) is 3.02. The minimum absolute atomic E-state index is 0.0612. The summed E-state index contributed by atoms with van der Waals surface area (Å²) in [5.41, 5.74) is -0.930. The lowest BCUT2D eigenvalue weighted by atomic mass is 10.1. The number of hydrogen-bond acceptors (Lipinski definition) is 4. The number of aryl methyl sites for hydroxylation is 2. The summed E-state index contributed by atoms with van der Waals surface area (Å²) in [7, 11) is 0. The molecule has 3 aromatic heterocycles. The zero-order valence-corrected chi connectivity index (χ0v) is 11.2. The summed E-state index contributed by atoms with van der Waals surface area (Å²) in [6, 6.07) is 0.979. The molecule has 0 aliphatic carbocycles. The Balaban J connectivity index is 2.61. The van der Waals surface area contributed by atoms with Crippen molar-refractivity contribution >= 4 is 31.8 Å². The van der Waals surface area contributed by atoms with Crippen molar-refractivity contribution in [2.75, 3.05) is 0 Å². The highest BCUT2D eigenvalue weighted by molar-refractivity contribution is 7.25. The van der Waals surface area contributed by atoms with E-state index >= 15 is 0 Å². The van der Waals surface area contributed by atoms with Crippen LogP contribution in [0, 0.1) is 13.8 Å². The molecule has 3 heterocycles. The second-order valence-corrected chi connectivity index (χ2v) is 5.42. The highest BCUT2D eigenvalue weighted by Gasteiger charge is 2.35. The van der Waals surface area contributed by atoms with Crippen molar-refractivity contribution in [3.05, 3.63) is 33.5 Å². The molecule has 0 radical (unpaired) electrons. The van der Waals surface area contributed by atoms with E-state index in [-0.39, 0.29) is 32.0 Å². The number of pyridine rings is 1. The van der Waals surface area contributed by atoms with Gasteiger partial charge in [-0.2, -0.15) is 13.2 Å². The minimum atomic E-state index is -4.52. The van der Waals surface area contributed by atoms with Gasteiger partial charge in [0.1, 0.15) is 15.4 Å². The molecular weight excluding hydrogens is 291 g/mol. The molecule has 0 unspecified atom stereocenters. The average molecular weight is 299 g/mol. The summed E-state index contributed by atoms with van der Waals surface area (Å²) in [5.74, 6) is 0.274. The predicted molar refractivity (Wildman–Crippen MR) is 70.0 cm³/mol. The first kappa shape index (κ1) is 13.0. The van der Waals surface area contributed by atoms with Crippen LogP contribution in [0.1, 0.15) is 17.1 Å². The molecule has 0 saturated heterocycles. The third-order valence-corrected chi connectivity index (χ3v) is 3.92. The fraction of sp³-hybridized carbons (Fsp3) is 0.250. The van der Waals surface area contributed by atoms with Gasteiger partial charge in [0, 0.05) is 5.69 Å². The number of hydrogen-bond donors (Lipinski definition) is 1. The number of alkyl halides is 3. The van der Waals surface area contributed by atoms with E-state index in [0.717, 1.165) is 17.4 Å². The van der Waals surface area contributed by atoms with Crippen molar-refractivity contribution in [1.82, 2.24) is 15.0 Å². The molecule has 8 heteroatoms. The van der Waals surface area contributed by atoms with Gasteiger partial charge in [-0.1, -0.05) is 0 Å². The highest BCUT2D eigenvalue weighted by atomic mass is 32.1. The van der Waals surface area contributed by atoms with Crippen molar-refractivity contribution in [3.63, 3.8) is 0 Å². The molecule has 0 fully saturated rings. The van der Waals surface area contributed by atoms with E-state index in [1.165, 1.54) is 13.8 Å². The predicted octanol–water partition coefficient (Wildman–Crippen LogP) is 3.17. The van der Waals surface area contributed by atoms with Crippen LogP contribution < -0.4 is 5.56 Å². The normalized spacial score (nSPS) is 12.4. The van der Waals surface area contributed by atoms with Crippen LogP contribution in [0.5, 0.6) is 0 Å². The largest absolute Gasteiger partial charge is 0.417 e. The van der Waals surface area contributed by atoms with E-state index in [1.807, 2.05) is 0 Å². The summed E-state index contributed by atoms with van der Waals surface area (Å²) < 4.78 is 39.7. The van der Waals surface area contributed by atoms with Crippen molar-refractivity contribution in [2.45, 2.75) is 20.0 Å². The zero-order chi connectivity index (χ0) is 14.7. The van der Waals surface area contributed by atoms with Gasteiger partial charge in [0.15, 0.2) is 0 Å². The fourth-order valence-corrected chi connectivity index (χ4v) is 3.19. The number of halogens is 3. The Hall–Kier alpha value is -1.96. The molecule has 0 atom stereocenters. The average Bonchev–Trinajstić information content (AvgIpc) is 2.65. The molecule has 0 aliphatic heterocycles. The molecule has 0 amide bonds. The Bertz CT molecular complexity index is 895. The Labute approximate surface area is 114 Å². The van der Waals surface area contributed by atoms with Gasteiger partial charge in [-0.05, 0) is 19.9 Å². The van der Waals surface area contributed by atoms with Crippen molar-refractivity contribution in [3.8, 4) is 0 Å². The van der Waals surface area contributed by atoms with Crippen molar-refractivity contribution in [2.24, 2.45) is 0 Å². The van der Waals surface area contributed by atoms with Crippen LogP contribution in [0.15, 0.2) is 10.9 Å². The number of H-pyrrole nitrogens is 1. The maximum absolute atomic E-state index is 13.2. The van der Waals surface area contributed by atoms with Crippen molar-refractivity contribution < 1.29 is 13.2 Å². The number of nitrogens with zero attached hydrogens (tertiary/aromatic N) is 2. The lowest BCUT2D eigenvalue weighted by Crippen LogP contribution is -2.09. The Kier molecular flexibility index (Phi) is 2.62. The summed E-state index contributed by atoms with van der Waals surface area (Å²) in [6.07, 6.45) is -4.52. The Morgan fingerprint density at radius 2 is 1.95 bits per heavy atom. The van der Waals surface area contributed by atoms with E-state index in [2.05, 4.69) is 15.0 Å². The molecular formula is C12H8F3N3OS. The van der Waals surface area contributed by atoms with Crippen LogP contribution in [-0.2, 0) is 6.18 Å². The first-order valence-corrected chi connectivity index (χ1v) is 6.47. The monoisotopic (exact) mass is 299 g/mol. The second-order valence-electron chi connectivity index (χ2n) is 4.42. The zero-order valence-electron chi connectivity index (χ0n) is 10.4. The van der Waals surface area contributed by atoms with Gasteiger partial charge in [0.05, 0.1) is 16.5 Å². The summed E-state index contributed by atoms with van der Waals surface area (Å²) in [4.78, 5) is 22.6. The van der Waals surface area contributed by atoms with E-state index in [1.54, 1.807) is 0 Å². The third-order valence-electron chi connectivity index (χ3n) is 2.85. The van der Waals surface area contributed by atoms with Crippen LogP contribution in [0.2, 0.25) is 0 Å². The molecule has 0 spiro atoms. The molecule has 20 heavy (non-hydrogen) atoms. The summed E-state index contributed by atoms with van der Waals surface area (Å²) in [5, 5.41) is -0.0997. The third kappa shape index (κ3) is 1.87. The quantitative estimate of drug-likeness (QED) is 0.693. The van der Waals surface area contributed by atoms with Gasteiger partial charge in [0.2, 0.25) is 0 Å². The smallest absolute Gasteiger partial charge is 0.310 e. The van der Waals surface area contributed by atoms with Crippen LogP contribution >= 0.6 is 11.3 Å². The standard InChI is InChI=1S/C12H8F3N3OS/c1-4-3-6(12(13,14)15)7-8-9(20-11(7)16-4)10(19)18-5(2)17-8/h3H,1-2H3,(H,17,18,19). The molecule has 3 rings (SSSR count). The van der Waals surface area contributed by atoms with E-state index in [9.17, 15) is 18.0 Å². The van der Waals surface area contributed by atoms with Crippen molar-refractivity contribution in [1.29, 1.82) is 0 Å². The fourth-order valence-electron chi connectivity index (χ4n) is 2.11. The Morgan fingerprint density at radius 3 is 2.60 bits per heavy atom. The van der Waals surface area contributed by atoms with Gasteiger partial charge in [0.25, 0.3) is 5.56 Å². The van der Waals surface area contributed by atoms with Crippen LogP contribution in [0.25, 0.3) is 20.4 Å². The maximum Gasteiger partial charge on any atom is 0.417 e. The number of fused-ring (bicyclic) bond motifs is 3. The Morgan fingerprint density at radius 1 is 1.25 bits per heavy atom. The van der Waals surface area contributed by atoms with E-state index in [0.29, 0.717) is 0 Å². The van der Waals surface area contributed by atoms with Gasteiger partial charge in [-0.15, -0.1) is 11.3 Å². The molecule has 1 N–H and O–H groups in total. The summed E-state index contributed by atoms with van der Waals surface area (Å²) >= 11 is 0.924. The number of thiophene rings is 1. The molecule has 4 nitrogen and oxygen atoms in total. The van der Waals surface area contributed by atoms with Gasteiger partial charge in [-0.25, -0.2) is 9.97 Å². The van der Waals surface area contributed by atoms with E-state index < -0.39 is 17.3 Å². The SMILES string of the molecule is Cc1cc(C(F)(F)F)c2c(n1)sc1c(=O)[nH]c(C)nc12. The maximum atomic E-state index is 13.2. The minimum Gasteiger partial charge on any atom is -0.310 e. The molecule has 104 valence electrons. The van der Waals surface area contributed by atoms with Crippen LogP contribution in [0.3, 0.4) is 0 Å². The first-order chi connectivity index (χ1) is 9.27. The second kappa shape index (κ2) is 4.02. The first-order valence-electron chi connectivity index (χ1n) is 5.65. The number of aromatic amines is 1. The highest BCUT2D eigenvalue weighted by Crippen LogP contribution is 2.40. The number of nitrogens with one attached hydrogen (secondary N) is 1. The number of rotatable bonds is 0. The van der Waals surface area contributed by atoms with Gasteiger partial charge in [-0.3, -0.25) is 4.79 Å². The van der Waals surface area contributed by atoms with Crippen LogP contribution in [0.4, 0.5) is 13.2 Å². The molecule has 0 bridgehead atoms. The lowest BCUT2D eigenvalue weighted by molar-refractivity contribution is -0.136. The molecule has 0 saturated carbocycles. The topological polar surface area (TPSA) is 58.6 Å². The van der Waals surface area contributed by atoms with Crippen LogP contribution in [-0.4, -0.2) is 15.0 Å². The van der Waals surface area contributed by atoms with E-state index in [4.69, 9.17) is 0 Å². The molecule has 3 aromatic rings.